The average molecular weight is 281 g/mol. The van der Waals surface area contributed by atoms with Crippen LogP contribution in [0.3, 0.4) is 0 Å². The van der Waals surface area contributed by atoms with Crippen molar-refractivity contribution in [1.82, 2.24) is 10.2 Å². The molecule has 2 atom stereocenters. The topological polar surface area (TPSA) is 15.3 Å². The highest BCUT2D eigenvalue weighted by molar-refractivity contribution is 4.93. The highest BCUT2D eigenvalue weighted by Gasteiger charge is 2.38. The molecule has 0 spiro atoms. The Morgan fingerprint density at radius 3 is 2.45 bits per heavy atom. The molecule has 2 unspecified atom stereocenters. The van der Waals surface area contributed by atoms with E-state index in [1.165, 1.54) is 64.5 Å². The predicted octanol–water partition coefficient (Wildman–Crippen LogP) is 4.20. The van der Waals surface area contributed by atoms with E-state index in [-0.39, 0.29) is 0 Å². The summed E-state index contributed by atoms with van der Waals surface area (Å²) in [5, 5.41) is 3.75. The first-order valence-electron chi connectivity index (χ1n) is 9.05. The maximum Gasteiger partial charge on any atom is 0.00962 e. The lowest BCUT2D eigenvalue weighted by Crippen LogP contribution is -2.49. The fourth-order valence-electron chi connectivity index (χ4n) is 4.35. The summed E-state index contributed by atoms with van der Waals surface area (Å²) in [5.74, 6) is 0. The lowest BCUT2D eigenvalue weighted by Gasteiger charge is -2.43. The summed E-state index contributed by atoms with van der Waals surface area (Å²) in [5.41, 5.74) is 0.550. The van der Waals surface area contributed by atoms with Gasteiger partial charge < -0.3 is 5.32 Å². The Hall–Kier alpha value is -0.0800. The van der Waals surface area contributed by atoms with E-state index in [1.54, 1.807) is 0 Å². The molecule has 2 aliphatic rings. The average Bonchev–Trinajstić information content (AvgIpc) is 2.78. The molecule has 1 saturated heterocycles. The fraction of sp³-hybridized carbons (Fsp3) is 1.00. The molecule has 20 heavy (non-hydrogen) atoms. The molecule has 2 nitrogen and oxygen atoms in total. The zero-order valence-corrected chi connectivity index (χ0v) is 14.3. The lowest BCUT2D eigenvalue weighted by atomic mass is 9.73. The minimum Gasteiger partial charge on any atom is -0.314 e. The first kappa shape index (κ1) is 16.3. The summed E-state index contributed by atoms with van der Waals surface area (Å²) in [6.07, 6.45) is 11.4. The summed E-state index contributed by atoms with van der Waals surface area (Å²) in [6, 6.07) is 2.27. The molecule has 118 valence electrons. The highest BCUT2D eigenvalue weighted by Crippen LogP contribution is 2.39. The van der Waals surface area contributed by atoms with Gasteiger partial charge in [0.05, 0.1) is 0 Å². The van der Waals surface area contributed by atoms with E-state index in [9.17, 15) is 0 Å². The van der Waals surface area contributed by atoms with E-state index >= 15 is 0 Å². The van der Waals surface area contributed by atoms with Crippen molar-refractivity contribution in [1.29, 1.82) is 0 Å². The van der Waals surface area contributed by atoms with Crippen molar-refractivity contribution in [2.24, 2.45) is 5.41 Å². The maximum atomic E-state index is 3.75. The molecule has 1 heterocycles. The summed E-state index contributed by atoms with van der Waals surface area (Å²) in [6.45, 7) is 11.9. The van der Waals surface area contributed by atoms with Crippen LogP contribution in [0.1, 0.15) is 79.1 Å². The standard InChI is InChI=1S/C18H36N2/c1-5-17-10-9-16(4)20(17)14-18(13-19-15(2)3)11-7-6-8-12-18/h15-17,19H,5-14H2,1-4H3. The van der Waals surface area contributed by atoms with Gasteiger partial charge in [-0.3, -0.25) is 4.90 Å². The van der Waals surface area contributed by atoms with Gasteiger partial charge in [-0.05, 0) is 44.4 Å². The Morgan fingerprint density at radius 2 is 1.85 bits per heavy atom. The van der Waals surface area contributed by atoms with Gasteiger partial charge in [0.25, 0.3) is 0 Å². The van der Waals surface area contributed by atoms with E-state index in [2.05, 4.69) is 37.9 Å². The van der Waals surface area contributed by atoms with E-state index in [0.29, 0.717) is 11.5 Å². The van der Waals surface area contributed by atoms with Crippen LogP contribution in [-0.4, -0.2) is 36.1 Å². The second kappa shape index (κ2) is 7.26. The molecule has 2 heteroatoms. The van der Waals surface area contributed by atoms with Gasteiger partial charge in [0.1, 0.15) is 0 Å². The van der Waals surface area contributed by atoms with E-state index in [1.807, 2.05) is 0 Å². The smallest absolute Gasteiger partial charge is 0.00962 e. The largest absolute Gasteiger partial charge is 0.314 e. The van der Waals surface area contributed by atoms with E-state index in [4.69, 9.17) is 0 Å². The molecule has 0 amide bonds. The normalized spacial score (nSPS) is 31.1. The SMILES string of the molecule is CCC1CCC(C)N1CC1(CNC(C)C)CCCCC1. The third-order valence-corrected chi connectivity index (χ3v) is 5.74. The van der Waals surface area contributed by atoms with Crippen LogP contribution in [0.5, 0.6) is 0 Å². The van der Waals surface area contributed by atoms with Gasteiger partial charge >= 0.3 is 0 Å². The van der Waals surface area contributed by atoms with Crippen molar-refractivity contribution in [2.75, 3.05) is 13.1 Å². The Balaban J connectivity index is 2.02. The molecule has 1 N–H and O–H groups in total. The lowest BCUT2D eigenvalue weighted by molar-refractivity contribution is 0.0719. The van der Waals surface area contributed by atoms with Crippen molar-refractivity contribution >= 4 is 0 Å². The number of rotatable bonds is 6. The molecule has 1 aliphatic heterocycles. The summed E-state index contributed by atoms with van der Waals surface area (Å²) < 4.78 is 0. The summed E-state index contributed by atoms with van der Waals surface area (Å²) in [7, 11) is 0. The first-order chi connectivity index (χ1) is 9.56. The Labute approximate surface area is 126 Å². The van der Waals surface area contributed by atoms with E-state index < -0.39 is 0 Å². The van der Waals surface area contributed by atoms with Crippen molar-refractivity contribution in [3.63, 3.8) is 0 Å². The van der Waals surface area contributed by atoms with Crippen LogP contribution < -0.4 is 5.32 Å². The zero-order chi connectivity index (χ0) is 14.6. The monoisotopic (exact) mass is 280 g/mol. The first-order valence-corrected chi connectivity index (χ1v) is 9.05. The van der Waals surface area contributed by atoms with Gasteiger partial charge in [-0.15, -0.1) is 0 Å². The molecule has 2 rings (SSSR count). The van der Waals surface area contributed by atoms with Gasteiger partial charge in [-0.25, -0.2) is 0 Å². The Morgan fingerprint density at radius 1 is 1.15 bits per heavy atom. The van der Waals surface area contributed by atoms with Crippen LogP contribution in [0.15, 0.2) is 0 Å². The molecular formula is C18H36N2. The van der Waals surface area contributed by atoms with Crippen molar-refractivity contribution in [2.45, 2.75) is 97.2 Å². The van der Waals surface area contributed by atoms with Crippen LogP contribution in [0.4, 0.5) is 0 Å². The minimum atomic E-state index is 0.550. The molecule has 1 aliphatic carbocycles. The van der Waals surface area contributed by atoms with Gasteiger partial charge in [-0.2, -0.15) is 0 Å². The second-order valence-corrected chi connectivity index (χ2v) is 7.76. The Kier molecular flexibility index (Phi) is 5.92. The number of hydrogen-bond donors (Lipinski definition) is 1. The second-order valence-electron chi connectivity index (χ2n) is 7.76. The van der Waals surface area contributed by atoms with Crippen molar-refractivity contribution in [3.05, 3.63) is 0 Å². The fourth-order valence-corrected chi connectivity index (χ4v) is 4.35. The number of hydrogen-bond acceptors (Lipinski definition) is 2. The third-order valence-electron chi connectivity index (χ3n) is 5.74. The molecule has 2 fully saturated rings. The molecular weight excluding hydrogens is 244 g/mol. The Bertz CT molecular complexity index is 281. The maximum absolute atomic E-state index is 3.75. The molecule has 0 aromatic rings. The number of nitrogens with zero attached hydrogens (tertiary/aromatic N) is 1. The van der Waals surface area contributed by atoms with Crippen LogP contribution in [0.2, 0.25) is 0 Å². The molecule has 0 radical (unpaired) electrons. The number of nitrogens with one attached hydrogen (secondary N) is 1. The predicted molar refractivity (Wildman–Crippen MR) is 88.1 cm³/mol. The highest BCUT2D eigenvalue weighted by atomic mass is 15.2. The van der Waals surface area contributed by atoms with Gasteiger partial charge in [0.2, 0.25) is 0 Å². The minimum absolute atomic E-state index is 0.550. The van der Waals surface area contributed by atoms with Crippen LogP contribution in [0, 0.1) is 5.41 Å². The summed E-state index contributed by atoms with van der Waals surface area (Å²) >= 11 is 0. The van der Waals surface area contributed by atoms with Gasteiger partial charge in [0, 0.05) is 31.2 Å². The van der Waals surface area contributed by atoms with Crippen molar-refractivity contribution < 1.29 is 0 Å². The van der Waals surface area contributed by atoms with Crippen LogP contribution in [-0.2, 0) is 0 Å². The summed E-state index contributed by atoms with van der Waals surface area (Å²) in [4.78, 5) is 2.85. The van der Waals surface area contributed by atoms with Crippen LogP contribution in [0.25, 0.3) is 0 Å². The zero-order valence-electron chi connectivity index (χ0n) is 14.3. The van der Waals surface area contributed by atoms with Gasteiger partial charge in [-0.1, -0.05) is 40.0 Å². The van der Waals surface area contributed by atoms with Crippen LogP contribution >= 0.6 is 0 Å². The molecule has 0 aromatic carbocycles. The van der Waals surface area contributed by atoms with Crippen molar-refractivity contribution in [3.8, 4) is 0 Å². The molecule has 0 aromatic heterocycles. The third kappa shape index (κ3) is 3.98. The van der Waals surface area contributed by atoms with E-state index in [0.717, 1.165) is 12.1 Å². The van der Waals surface area contributed by atoms with Gasteiger partial charge in [0.15, 0.2) is 0 Å². The number of likely N-dealkylation sites (tertiary alicyclic amines) is 1. The quantitative estimate of drug-likeness (QED) is 0.784. The molecule has 1 saturated carbocycles. The molecule has 0 bridgehead atoms.